The molecule has 34 heavy (non-hydrogen) atoms. The van der Waals surface area contributed by atoms with Gasteiger partial charge in [-0.3, -0.25) is 14.4 Å². The monoisotopic (exact) mass is 508 g/mol. The van der Waals surface area contributed by atoms with Crippen molar-refractivity contribution in [1.82, 2.24) is 4.90 Å². The Balaban J connectivity index is 1.82. The number of ether oxygens (including phenoxy) is 1. The first kappa shape index (κ1) is 25.3. The molecule has 3 heterocycles. The fourth-order valence-corrected chi connectivity index (χ4v) is 8.89. The number of aryl methyl sites for hydroxylation is 1. The smallest absolute Gasteiger partial charge is 0.310 e. The number of fused-ring (bicyclic) bond motifs is 1. The van der Waals surface area contributed by atoms with Gasteiger partial charge in [-0.2, -0.15) is 0 Å². The Morgan fingerprint density at radius 1 is 1.38 bits per heavy atom. The molecule has 0 radical (unpaired) electrons. The van der Waals surface area contributed by atoms with Crippen LogP contribution in [0.2, 0.25) is 5.02 Å². The van der Waals surface area contributed by atoms with Crippen LogP contribution in [0.1, 0.15) is 39.7 Å². The van der Waals surface area contributed by atoms with E-state index in [1.807, 2.05) is 32.9 Å². The lowest BCUT2D eigenvalue weighted by molar-refractivity contribution is -0.154. The van der Waals surface area contributed by atoms with Gasteiger partial charge in [0.15, 0.2) is 0 Å². The van der Waals surface area contributed by atoms with Crippen LogP contribution in [0.4, 0.5) is 5.69 Å². The number of hydrogen-bond acceptors (Lipinski definition) is 6. The Bertz CT molecular complexity index is 983. The Hall–Kier alpha value is -1.77. The fourth-order valence-electron chi connectivity index (χ4n) is 6.22. The topological polar surface area (TPSA) is 95.9 Å². The number of aliphatic hydroxyl groups excluding tert-OH is 1. The van der Waals surface area contributed by atoms with Crippen molar-refractivity contribution in [2.24, 2.45) is 23.7 Å². The fraction of sp³-hybridized carbons (Fsp3) is 0.640. The molecule has 3 fully saturated rings. The van der Waals surface area contributed by atoms with Crippen molar-refractivity contribution in [2.75, 3.05) is 18.5 Å². The normalized spacial score (nSPS) is 32.8. The first-order valence-corrected chi connectivity index (χ1v) is 13.2. The third kappa shape index (κ3) is 3.64. The molecular formula is C25H33ClN2O5S. The molecule has 2 N–H and O–H groups in total. The van der Waals surface area contributed by atoms with Gasteiger partial charge >= 0.3 is 5.97 Å². The van der Waals surface area contributed by atoms with Crippen molar-refractivity contribution in [3.63, 3.8) is 0 Å². The molecule has 2 bridgehead atoms. The predicted octanol–water partition coefficient (Wildman–Crippen LogP) is 3.50. The molecule has 7 atom stereocenters. The van der Waals surface area contributed by atoms with E-state index in [1.54, 1.807) is 29.7 Å². The summed E-state index contributed by atoms with van der Waals surface area (Å²) in [5, 5.41) is 13.6. The molecular weight excluding hydrogens is 476 g/mol. The van der Waals surface area contributed by atoms with Gasteiger partial charge in [0.2, 0.25) is 11.8 Å². The van der Waals surface area contributed by atoms with Crippen molar-refractivity contribution in [1.29, 1.82) is 0 Å². The lowest BCUT2D eigenvalue weighted by Crippen LogP contribution is -2.57. The van der Waals surface area contributed by atoms with Crippen molar-refractivity contribution >= 4 is 46.8 Å². The second-order valence-electron chi connectivity index (χ2n) is 9.97. The van der Waals surface area contributed by atoms with Crippen LogP contribution in [0.3, 0.4) is 0 Å². The number of aliphatic hydroxyl groups is 1. The molecule has 1 spiro atoms. The SMILES string of the molecule is CCOC(=O)[C@@H]1[C@H]2C(=O)N([C@@H](CO)C(C)C)C(C(=O)Nc3c(C)cccc3Cl)C23S[C@@H]1CC3C. The number of likely N-dealkylation sites (tertiary alicyclic amines) is 1. The summed E-state index contributed by atoms with van der Waals surface area (Å²) in [5.41, 5.74) is 1.33. The summed E-state index contributed by atoms with van der Waals surface area (Å²) in [7, 11) is 0. The van der Waals surface area contributed by atoms with E-state index in [-0.39, 0.29) is 48.1 Å². The molecule has 0 aliphatic carbocycles. The minimum Gasteiger partial charge on any atom is -0.466 e. The minimum atomic E-state index is -0.843. The highest BCUT2D eigenvalue weighted by atomic mass is 35.5. The summed E-state index contributed by atoms with van der Waals surface area (Å²) in [4.78, 5) is 42.6. The second-order valence-corrected chi connectivity index (χ2v) is 11.9. The number of esters is 1. The first-order valence-electron chi connectivity index (χ1n) is 11.9. The Kier molecular flexibility index (Phi) is 6.97. The van der Waals surface area contributed by atoms with E-state index >= 15 is 0 Å². The molecule has 0 aromatic heterocycles. The zero-order valence-corrected chi connectivity index (χ0v) is 21.8. The molecule has 3 saturated heterocycles. The minimum absolute atomic E-state index is 0.0294. The van der Waals surface area contributed by atoms with Crippen LogP contribution < -0.4 is 5.32 Å². The summed E-state index contributed by atoms with van der Waals surface area (Å²) < 4.78 is 4.59. The van der Waals surface area contributed by atoms with Crippen molar-refractivity contribution in [2.45, 2.75) is 63.1 Å². The van der Waals surface area contributed by atoms with Crippen LogP contribution in [0.15, 0.2) is 18.2 Å². The van der Waals surface area contributed by atoms with Gasteiger partial charge in [0.05, 0.1) is 46.5 Å². The number of anilines is 1. The molecule has 9 heteroatoms. The Morgan fingerprint density at radius 3 is 2.68 bits per heavy atom. The summed E-state index contributed by atoms with van der Waals surface area (Å²) in [6, 6.07) is 3.99. The maximum atomic E-state index is 14.0. The lowest BCUT2D eigenvalue weighted by atomic mass is 9.66. The molecule has 3 aliphatic heterocycles. The van der Waals surface area contributed by atoms with Gasteiger partial charge in [0, 0.05) is 5.25 Å². The number of nitrogens with one attached hydrogen (secondary N) is 1. The number of nitrogens with zero attached hydrogens (tertiary/aromatic N) is 1. The van der Waals surface area contributed by atoms with E-state index in [2.05, 4.69) is 12.2 Å². The van der Waals surface area contributed by atoms with Gasteiger partial charge in [-0.05, 0) is 43.7 Å². The van der Waals surface area contributed by atoms with E-state index in [0.29, 0.717) is 10.7 Å². The van der Waals surface area contributed by atoms with Crippen LogP contribution >= 0.6 is 23.4 Å². The molecule has 4 rings (SSSR count). The number of thioether (sulfide) groups is 1. The molecule has 0 saturated carbocycles. The highest BCUT2D eigenvalue weighted by Crippen LogP contribution is 2.69. The maximum Gasteiger partial charge on any atom is 0.310 e. The average Bonchev–Trinajstić information content (AvgIpc) is 3.35. The molecule has 3 aliphatic rings. The van der Waals surface area contributed by atoms with Gasteiger partial charge < -0.3 is 20.1 Å². The van der Waals surface area contributed by atoms with Gasteiger partial charge in [0.25, 0.3) is 0 Å². The summed E-state index contributed by atoms with van der Waals surface area (Å²) in [6.07, 6.45) is 0.728. The third-order valence-corrected chi connectivity index (χ3v) is 10.2. The standard InChI is InChI=1S/C25H33ClN2O5S/c1-6-33-24(32)18-17-10-14(5)25(34-17)19(18)23(31)28(16(11-29)12(2)3)21(25)22(30)27-20-13(4)8-7-9-15(20)26/h7-9,12,14,16-19,21,29H,6,10-11H2,1-5H3,(H,27,30)/t14?,16-,17+,18-,19-,21?,25?/m0/s1. The van der Waals surface area contributed by atoms with Crippen molar-refractivity contribution in [3.8, 4) is 0 Å². The summed E-state index contributed by atoms with van der Waals surface area (Å²) in [6.45, 7) is 9.48. The van der Waals surface area contributed by atoms with Crippen LogP contribution in [-0.4, -0.2) is 63.1 Å². The van der Waals surface area contributed by atoms with E-state index in [4.69, 9.17) is 16.3 Å². The first-order chi connectivity index (χ1) is 16.1. The maximum absolute atomic E-state index is 14.0. The van der Waals surface area contributed by atoms with E-state index in [0.717, 1.165) is 12.0 Å². The van der Waals surface area contributed by atoms with Crippen LogP contribution in [0.5, 0.6) is 0 Å². The molecule has 1 aromatic carbocycles. The molecule has 2 amide bonds. The number of halogens is 1. The zero-order chi connectivity index (χ0) is 24.9. The third-order valence-electron chi connectivity index (χ3n) is 7.77. The number of rotatable bonds is 7. The largest absolute Gasteiger partial charge is 0.466 e. The number of hydrogen-bond donors (Lipinski definition) is 2. The molecule has 7 nitrogen and oxygen atoms in total. The van der Waals surface area contributed by atoms with Gasteiger partial charge in [-0.15, -0.1) is 11.8 Å². The number of benzene rings is 1. The number of carbonyl (C=O) groups is 3. The van der Waals surface area contributed by atoms with Gasteiger partial charge in [0.1, 0.15) is 6.04 Å². The Labute approximate surface area is 209 Å². The Morgan fingerprint density at radius 2 is 2.09 bits per heavy atom. The molecule has 3 unspecified atom stereocenters. The number of para-hydroxylation sites is 1. The molecule has 186 valence electrons. The van der Waals surface area contributed by atoms with Crippen LogP contribution in [-0.2, 0) is 19.1 Å². The lowest BCUT2D eigenvalue weighted by Gasteiger charge is -2.40. The highest BCUT2D eigenvalue weighted by molar-refractivity contribution is 8.02. The van der Waals surface area contributed by atoms with Crippen LogP contribution in [0.25, 0.3) is 0 Å². The van der Waals surface area contributed by atoms with E-state index in [1.165, 1.54) is 0 Å². The van der Waals surface area contributed by atoms with Crippen molar-refractivity contribution in [3.05, 3.63) is 28.8 Å². The number of amides is 2. The quantitative estimate of drug-likeness (QED) is 0.547. The van der Waals surface area contributed by atoms with Gasteiger partial charge in [-0.25, -0.2) is 0 Å². The highest BCUT2D eigenvalue weighted by Gasteiger charge is 2.77. The van der Waals surface area contributed by atoms with Crippen molar-refractivity contribution < 1.29 is 24.2 Å². The van der Waals surface area contributed by atoms with Gasteiger partial charge in [-0.1, -0.05) is 44.5 Å². The summed E-state index contributed by atoms with van der Waals surface area (Å²) in [5.74, 6) is -2.27. The predicted molar refractivity (Wildman–Crippen MR) is 133 cm³/mol. The molecule has 1 aromatic rings. The number of carbonyl (C=O) groups excluding carboxylic acids is 3. The van der Waals surface area contributed by atoms with E-state index < -0.39 is 28.7 Å². The van der Waals surface area contributed by atoms with E-state index in [9.17, 15) is 19.5 Å². The average molecular weight is 509 g/mol. The second kappa shape index (κ2) is 9.36. The zero-order valence-electron chi connectivity index (χ0n) is 20.2. The summed E-state index contributed by atoms with van der Waals surface area (Å²) >= 11 is 7.98. The van der Waals surface area contributed by atoms with Crippen LogP contribution in [0, 0.1) is 30.6 Å².